The van der Waals surface area contributed by atoms with Gasteiger partial charge in [0.1, 0.15) is 6.61 Å². The maximum Gasteiger partial charge on any atom is 0.250 e. The lowest BCUT2D eigenvalue weighted by atomic mass is 10.0. The molecule has 1 heterocycles. The first-order valence-corrected chi connectivity index (χ1v) is 9.45. The van der Waals surface area contributed by atoms with Crippen molar-refractivity contribution in [2.24, 2.45) is 0 Å². The standard InChI is InChI=1S/C20H30N2O2/c1-16-6-4-5-13-22(16)14-17-9-11-18(12-10-17)21-20(23)15-24-19-7-2-3-8-19/h9-12,16,19H,2-8,13-15H2,1H3,(H,21,23). The van der Waals surface area contributed by atoms with Gasteiger partial charge in [0, 0.05) is 18.3 Å². The highest BCUT2D eigenvalue weighted by atomic mass is 16.5. The van der Waals surface area contributed by atoms with Crippen LogP contribution in [-0.2, 0) is 16.1 Å². The Hall–Kier alpha value is -1.39. The molecule has 0 spiro atoms. The molecule has 1 aromatic rings. The van der Waals surface area contributed by atoms with E-state index in [9.17, 15) is 4.79 Å². The number of carbonyl (C=O) groups is 1. The number of hydrogen-bond donors (Lipinski definition) is 1. The van der Waals surface area contributed by atoms with Gasteiger partial charge in [-0.3, -0.25) is 9.69 Å². The average molecular weight is 330 g/mol. The molecule has 1 aliphatic heterocycles. The summed E-state index contributed by atoms with van der Waals surface area (Å²) in [4.78, 5) is 14.5. The molecule has 1 saturated heterocycles. The molecule has 1 aliphatic carbocycles. The lowest BCUT2D eigenvalue weighted by molar-refractivity contribution is -0.122. The van der Waals surface area contributed by atoms with Crippen molar-refractivity contribution in [1.82, 2.24) is 4.90 Å². The second kappa shape index (κ2) is 8.63. The molecular formula is C20H30N2O2. The van der Waals surface area contributed by atoms with Crippen molar-refractivity contribution in [2.75, 3.05) is 18.5 Å². The molecular weight excluding hydrogens is 300 g/mol. The van der Waals surface area contributed by atoms with Gasteiger partial charge in [-0.05, 0) is 56.8 Å². The number of benzene rings is 1. The summed E-state index contributed by atoms with van der Waals surface area (Å²) in [5.41, 5.74) is 2.16. The Morgan fingerprint density at radius 3 is 2.54 bits per heavy atom. The summed E-state index contributed by atoms with van der Waals surface area (Å²) < 4.78 is 5.65. The van der Waals surface area contributed by atoms with Crippen molar-refractivity contribution < 1.29 is 9.53 Å². The third-order valence-electron chi connectivity index (χ3n) is 5.32. The molecule has 24 heavy (non-hydrogen) atoms. The minimum absolute atomic E-state index is 0.0562. The minimum Gasteiger partial charge on any atom is -0.368 e. The average Bonchev–Trinajstić information content (AvgIpc) is 3.10. The van der Waals surface area contributed by atoms with Gasteiger partial charge in [0.25, 0.3) is 0 Å². The summed E-state index contributed by atoms with van der Waals surface area (Å²) in [5, 5.41) is 2.93. The topological polar surface area (TPSA) is 41.6 Å². The monoisotopic (exact) mass is 330 g/mol. The Kier molecular flexibility index (Phi) is 6.27. The molecule has 0 radical (unpaired) electrons. The van der Waals surface area contributed by atoms with Crippen molar-refractivity contribution in [2.45, 2.75) is 70.6 Å². The summed E-state index contributed by atoms with van der Waals surface area (Å²) in [6.45, 7) is 4.67. The Bertz CT molecular complexity index is 523. The molecule has 4 nitrogen and oxygen atoms in total. The molecule has 1 atom stereocenters. The number of hydrogen-bond acceptors (Lipinski definition) is 3. The first kappa shape index (κ1) is 17.4. The van der Waals surface area contributed by atoms with Gasteiger partial charge in [-0.1, -0.05) is 31.4 Å². The van der Waals surface area contributed by atoms with Gasteiger partial charge in [0.2, 0.25) is 5.91 Å². The maximum absolute atomic E-state index is 12.0. The maximum atomic E-state index is 12.0. The molecule has 1 N–H and O–H groups in total. The van der Waals surface area contributed by atoms with E-state index in [2.05, 4.69) is 29.3 Å². The first-order valence-electron chi connectivity index (χ1n) is 9.45. The quantitative estimate of drug-likeness (QED) is 0.858. The predicted octanol–water partition coefficient (Wildman–Crippen LogP) is 3.96. The number of ether oxygens (including phenoxy) is 1. The number of nitrogens with one attached hydrogen (secondary N) is 1. The minimum atomic E-state index is -0.0562. The zero-order valence-electron chi connectivity index (χ0n) is 14.8. The van der Waals surface area contributed by atoms with Gasteiger partial charge in [-0.15, -0.1) is 0 Å². The van der Waals surface area contributed by atoms with Crippen LogP contribution in [-0.4, -0.2) is 36.1 Å². The molecule has 1 amide bonds. The lowest BCUT2D eigenvalue weighted by Crippen LogP contribution is -2.36. The summed E-state index contributed by atoms with van der Waals surface area (Å²) in [5.74, 6) is -0.0562. The van der Waals surface area contributed by atoms with Gasteiger partial charge in [-0.2, -0.15) is 0 Å². The third kappa shape index (κ3) is 5.05. The van der Waals surface area contributed by atoms with E-state index in [0.29, 0.717) is 6.04 Å². The van der Waals surface area contributed by atoms with Crippen LogP contribution < -0.4 is 5.32 Å². The van der Waals surface area contributed by atoms with Crippen LogP contribution in [0.3, 0.4) is 0 Å². The number of piperidine rings is 1. The summed E-state index contributed by atoms with van der Waals surface area (Å²) >= 11 is 0. The van der Waals surface area contributed by atoms with Crippen LogP contribution in [0.15, 0.2) is 24.3 Å². The number of likely N-dealkylation sites (tertiary alicyclic amines) is 1. The van der Waals surface area contributed by atoms with Crippen LogP contribution in [0.2, 0.25) is 0 Å². The predicted molar refractivity (Wildman–Crippen MR) is 97.0 cm³/mol. The SMILES string of the molecule is CC1CCCCN1Cc1ccc(NC(=O)COC2CCCC2)cc1. The fourth-order valence-corrected chi connectivity index (χ4v) is 3.77. The molecule has 1 saturated carbocycles. The van der Waals surface area contributed by atoms with Crippen molar-refractivity contribution in [3.8, 4) is 0 Å². The van der Waals surface area contributed by atoms with E-state index in [-0.39, 0.29) is 18.6 Å². The van der Waals surface area contributed by atoms with E-state index in [1.165, 1.54) is 44.2 Å². The van der Waals surface area contributed by atoms with E-state index in [1.54, 1.807) is 0 Å². The Balaban J connectivity index is 1.44. The summed E-state index contributed by atoms with van der Waals surface area (Å²) in [6.07, 6.45) is 8.88. The molecule has 0 bridgehead atoms. The summed E-state index contributed by atoms with van der Waals surface area (Å²) in [7, 11) is 0. The largest absolute Gasteiger partial charge is 0.368 e. The molecule has 1 aromatic carbocycles. The number of carbonyl (C=O) groups excluding carboxylic acids is 1. The van der Waals surface area contributed by atoms with Gasteiger partial charge in [0.15, 0.2) is 0 Å². The number of rotatable bonds is 6. The number of anilines is 1. The highest BCUT2D eigenvalue weighted by Crippen LogP contribution is 2.21. The van der Waals surface area contributed by atoms with E-state index in [1.807, 2.05) is 12.1 Å². The third-order valence-corrected chi connectivity index (χ3v) is 5.32. The van der Waals surface area contributed by atoms with Gasteiger partial charge in [-0.25, -0.2) is 0 Å². The van der Waals surface area contributed by atoms with Crippen molar-refractivity contribution >= 4 is 11.6 Å². The van der Waals surface area contributed by atoms with E-state index >= 15 is 0 Å². The van der Waals surface area contributed by atoms with Gasteiger partial charge < -0.3 is 10.1 Å². The number of amides is 1. The van der Waals surface area contributed by atoms with Crippen LogP contribution in [0.5, 0.6) is 0 Å². The van der Waals surface area contributed by atoms with Crippen molar-refractivity contribution in [1.29, 1.82) is 0 Å². The van der Waals surface area contributed by atoms with E-state index < -0.39 is 0 Å². The van der Waals surface area contributed by atoms with Gasteiger partial charge >= 0.3 is 0 Å². The van der Waals surface area contributed by atoms with Crippen molar-refractivity contribution in [3.05, 3.63) is 29.8 Å². The zero-order valence-corrected chi connectivity index (χ0v) is 14.8. The van der Waals surface area contributed by atoms with Crippen LogP contribution >= 0.6 is 0 Å². The second-order valence-electron chi connectivity index (χ2n) is 7.28. The van der Waals surface area contributed by atoms with Gasteiger partial charge in [0.05, 0.1) is 6.10 Å². The van der Waals surface area contributed by atoms with Crippen LogP contribution in [0.1, 0.15) is 57.4 Å². The Labute approximate surface area is 145 Å². The fraction of sp³-hybridized carbons (Fsp3) is 0.650. The smallest absolute Gasteiger partial charge is 0.250 e. The molecule has 132 valence electrons. The highest BCUT2D eigenvalue weighted by molar-refractivity contribution is 5.91. The lowest BCUT2D eigenvalue weighted by Gasteiger charge is -2.33. The van der Waals surface area contributed by atoms with Crippen molar-refractivity contribution in [3.63, 3.8) is 0 Å². The molecule has 4 heteroatoms. The molecule has 2 fully saturated rings. The molecule has 1 unspecified atom stereocenters. The number of nitrogens with zero attached hydrogens (tertiary/aromatic N) is 1. The first-order chi connectivity index (χ1) is 11.7. The molecule has 0 aromatic heterocycles. The normalized spacial score (nSPS) is 22.6. The zero-order chi connectivity index (χ0) is 16.8. The van der Waals surface area contributed by atoms with Crippen LogP contribution in [0, 0.1) is 0 Å². The van der Waals surface area contributed by atoms with Crippen LogP contribution in [0.4, 0.5) is 5.69 Å². The second-order valence-corrected chi connectivity index (χ2v) is 7.28. The Morgan fingerprint density at radius 1 is 1.12 bits per heavy atom. The Morgan fingerprint density at radius 2 is 1.83 bits per heavy atom. The van der Waals surface area contributed by atoms with E-state index in [0.717, 1.165) is 25.1 Å². The van der Waals surface area contributed by atoms with E-state index in [4.69, 9.17) is 4.74 Å². The summed E-state index contributed by atoms with van der Waals surface area (Å²) in [6, 6.07) is 8.91. The molecule has 2 aliphatic rings. The molecule has 3 rings (SSSR count). The highest BCUT2D eigenvalue weighted by Gasteiger charge is 2.18. The fourth-order valence-electron chi connectivity index (χ4n) is 3.77. The van der Waals surface area contributed by atoms with Crippen LogP contribution in [0.25, 0.3) is 0 Å².